The molecule has 0 saturated carbocycles. The fourth-order valence-corrected chi connectivity index (χ4v) is 2.87. The molecule has 2 aromatic rings. The van der Waals surface area contributed by atoms with E-state index in [4.69, 9.17) is 13.9 Å². The minimum absolute atomic E-state index is 0.0693. The number of carbonyl (C=O) groups is 3. The fraction of sp³-hybridized carbons (Fsp3) is 0.250. The molecule has 130 valence electrons. The molecule has 0 spiro atoms. The van der Waals surface area contributed by atoms with E-state index in [1.807, 2.05) is 0 Å². The van der Waals surface area contributed by atoms with Crippen molar-refractivity contribution in [3.8, 4) is 11.5 Å². The molecule has 0 fully saturated rings. The van der Waals surface area contributed by atoms with Gasteiger partial charge in [0.2, 0.25) is 0 Å². The molecule has 0 amide bonds. The second-order valence-corrected chi connectivity index (χ2v) is 5.32. The Morgan fingerprint density at radius 3 is 2.60 bits per heavy atom. The first-order chi connectivity index (χ1) is 11.9. The van der Waals surface area contributed by atoms with Gasteiger partial charge in [-0.2, -0.15) is 0 Å². The van der Waals surface area contributed by atoms with Gasteiger partial charge in [0.05, 0.1) is 24.0 Å². The highest BCUT2D eigenvalue weighted by atomic mass is 16.5. The molecule has 1 aromatic carbocycles. The molecular weight excluding hydrogens is 336 g/mol. The molecule has 25 heavy (non-hydrogen) atoms. The van der Waals surface area contributed by atoms with Gasteiger partial charge in [-0.1, -0.05) is 0 Å². The summed E-state index contributed by atoms with van der Waals surface area (Å²) in [5.74, 6) is -2.79. The molecule has 0 bridgehead atoms. The van der Waals surface area contributed by atoms with Crippen LogP contribution in [-0.2, 0) is 20.9 Å². The Hall–Kier alpha value is -3.20. The van der Waals surface area contributed by atoms with E-state index in [9.17, 15) is 29.4 Å². The smallest absolute Gasteiger partial charge is 0.351 e. The third-order valence-electron chi connectivity index (χ3n) is 4.02. The predicted molar refractivity (Wildman–Crippen MR) is 80.7 cm³/mol. The molecule has 9 heteroatoms. The first kappa shape index (κ1) is 16.7. The van der Waals surface area contributed by atoms with E-state index in [1.54, 1.807) is 0 Å². The van der Waals surface area contributed by atoms with Crippen LogP contribution in [0.5, 0.6) is 11.5 Å². The van der Waals surface area contributed by atoms with Gasteiger partial charge in [0.25, 0.3) is 0 Å². The van der Waals surface area contributed by atoms with Crippen molar-refractivity contribution in [2.75, 3.05) is 7.11 Å². The van der Waals surface area contributed by atoms with Gasteiger partial charge in [-0.25, -0.2) is 9.59 Å². The van der Waals surface area contributed by atoms with Crippen molar-refractivity contribution in [1.82, 2.24) is 0 Å². The number of carbonyl (C=O) groups excluding carboxylic acids is 3. The Kier molecular flexibility index (Phi) is 4.01. The van der Waals surface area contributed by atoms with E-state index in [2.05, 4.69) is 0 Å². The zero-order valence-corrected chi connectivity index (χ0v) is 12.8. The standard InChI is InChI=1S/C16H12O9/c1-23-10-2-8(19)11(6(3-17)9(20)4-18)14-12(10)7-5-24-15(21)13(7)16(22)25-14/h2-4,6,9,19-20H,5H2,1H3. The zero-order chi connectivity index (χ0) is 18.3. The van der Waals surface area contributed by atoms with Gasteiger partial charge in [0.1, 0.15) is 42.4 Å². The minimum atomic E-state index is -1.77. The SMILES string of the molecule is COc1cc(O)c(C(C=O)C(O)C=O)c2oc(=O)c3c(c12)COC3=O. The summed E-state index contributed by atoms with van der Waals surface area (Å²) in [7, 11) is 1.29. The van der Waals surface area contributed by atoms with Crippen molar-refractivity contribution in [3.63, 3.8) is 0 Å². The van der Waals surface area contributed by atoms with Gasteiger partial charge in [-0.3, -0.25) is 0 Å². The number of phenolic OH excluding ortho intramolecular Hbond substituents is 1. The molecule has 2 N–H and O–H groups in total. The number of cyclic esters (lactones) is 1. The molecule has 2 atom stereocenters. The Bertz CT molecular complexity index is 956. The van der Waals surface area contributed by atoms with Crippen LogP contribution in [0.15, 0.2) is 15.3 Å². The lowest BCUT2D eigenvalue weighted by Crippen LogP contribution is -2.22. The molecule has 2 unspecified atom stereocenters. The van der Waals surface area contributed by atoms with Crippen LogP contribution >= 0.6 is 0 Å². The van der Waals surface area contributed by atoms with Crippen molar-refractivity contribution in [1.29, 1.82) is 0 Å². The van der Waals surface area contributed by atoms with Crippen LogP contribution in [0.4, 0.5) is 0 Å². The van der Waals surface area contributed by atoms with Crippen molar-refractivity contribution in [2.24, 2.45) is 0 Å². The van der Waals surface area contributed by atoms with Crippen molar-refractivity contribution < 1.29 is 38.5 Å². The third-order valence-corrected chi connectivity index (χ3v) is 4.02. The van der Waals surface area contributed by atoms with E-state index in [0.717, 1.165) is 6.07 Å². The third kappa shape index (κ3) is 2.36. The molecule has 0 radical (unpaired) electrons. The van der Waals surface area contributed by atoms with Gasteiger partial charge in [0, 0.05) is 11.6 Å². The monoisotopic (exact) mass is 348 g/mol. The summed E-state index contributed by atoms with van der Waals surface area (Å²) in [6.45, 7) is -0.223. The maximum atomic E-state index is 12.1. The van der Waals surface area contributed by atoms with Crippen LogP contribution in [0, 0.1) is 0 Å². The molecule has 0 saturated heterocycles. The number of aldehydes is 2. The van der Waals surface area contributed by atoms with Crippen molar-refractivity contribution >= 4 is 29.5 Å². The highest BCUT2D eigenvalue weighted by Gasteiger charge is 2.34. The number of rotatable bonds is 5. The van der Waals surface area contributed by atoms with E-state index in [1.165, 1.54) is 7.11 Å². The Morgan fingerprint density at radius 2 is 2.00 bits per heavy atom. The summed E-state index contributed by atoms with van der Waals surface area (Å²) in [6, 6.07) is 1.13. The zero-order valence-electron chi connectivity index (χ0n) is 12.8. The number of hydrogen-bond donors (Lipinski definition) is 2. The molecule has 3 rings (SSSR count). The topological polar surface area (TPSA) is 140 Å². The Labute approximate surface area is 139 Å². The maximum Gasteiger partial charge on any atom is 0.351 e. The maximum absolute atomic E-state index is 12.1. The highest BCUT2D eigenvalue weighted by molar-refractivity contribution is 6.02. The summed E-state index contributed by atoms with van der Waals surface area (Å²) in [6.07, 6.45) is -1.40. The number of phenols is 1. The average molecular weight is 348 g/mol. The van der Waals surface area contributed by atoms with Gasteiger partial charge in [-0.15, -0.1) is 0 Å². The number of esters is 1. The van der Waals surface area contributed by atoms with Gasteiger partial charge in [-0.05, 0) is 0 Å². The molecule has 9 nitrogen and oxygen atoms in total. The number of aliphatic hydroxyl groups excluding tert-OH is 1. The lowest BCUT2D eigenvalue weighted by molar-refractivity contribution is -0.120. The first-order valence-electron chi connectivity index (χ1n) is 7.09. The lowest BCUT2D eigenvalue weighted by Gasteiger charge is -2.18. The summed E-state index contributed by atoms with van der Waals surface area (Å²) in [4.78, 5) is 46.1. The van der Waals surface area contributed by atoms with Crippen LogP contribution in [0.3, 0.4) is 0 Å². The normalized spacial score (nSPS) is 15.4. The number of hydrogen-bond acceptors (Lipinski definition) is 9. The summed E-state index contributed by atoms with van der Waals surface area (Å²) in [5, 5.41) is 20.1. The second kappa shape index (κ2) is 6.02. The number of ether oxygens (including phenoxy) is 2. The minimum Gasteiger partial charge on any atom is -0.507 e. The van der Waals surface area contributed by atoms with Crippen LogP contribution in [0.2, 0.25) is 0 Å². The van der Waals surface area contributed by atoms with E-state index >= 15 is 0 Å². The molecule has 0 aliphatic carbocycles. The predicted octanol–water partition coefficient (Wildman–Crippen LogP) is 0.0199. The van der Waals surface area contributed by atoms with Crippen molar-refractivity contribution in [2.45, 2.75) is 18.6 Å². The summed E-state index contributed by atoms with van der Waals surface area (Å²) >= 11 is 0. The quantitative estimate of drug-likeness (QED) is 0.434. The summed E-state index contributed by atoms with van der Waals surface area (Å²) < 4.78 is 15.1. The number of aromatic hydroxyl groups is 1. The van der Waals surface area contributed by atoms with E-state index in [0.29, 0.717) is 0 Å². The van der Waals surface area contributed by atoms with E-state index < -0.39 is 29.4 Å². The molecule has 1 aromatic heterocycles. The van der Waals surface area contributed by atoms with Crippen LogP contribution in [0.1, 0.15) is 27.4 Å². The number of fused-ring (bicyclic) bond motifs is 3. The fourth-order valence-electron chi connectivity index (χ4n) is 2.87. The van der Waals surface area contributed by atoms with Crippen LogP contribution in [-0.4, -0.2) is 42.0 Å². The molecule has 1 aliphatic heterocycles. The van der Waals surface area contributed by atoms with Gasteiger partial charge < -0.3 is 33.7 Å². The van der Waals surface area contributed by atoms with E-state index in [-0.39, 0.29) is 52.6 Å². The molecule has 1 aliphatic rings. The van der Waals surface area contributed by atoms with Crippen LogP contribution < -0.4 is 10.4 Å². The number of methoxy groups -OCH3 is 1. The average Bonchev–Trinajstić information content (AvgIpc) is 2.99. The van der Waals surface area contributed by atoms with Gasteiger partial charge >= 0.3 is 11.6 Å². The van der Waals surface area contributed by atoms with Gasteiger partial charge in [0.15, 0.2) is 5.56 Å². The highest BCUT2D eigenvalue weighted by Crippen LogP contribution is 2.42. The van der Waals surface area contributed by atoms with Crippen molar-refractivity contribution in [3.05, 3.63) is 33.2 Å². The summed E-state index contributed by atoms with van der Waals surface area (Å²) in [5.41, 5.74) is -1.67. The Morgan fingerprint density at radius 1 is 1.28 bits per heavy atom. The molecular formula is C16H12O9. The van der Waals surface area contributed by atoms with Crippen LogP contribution in [0.25, 0.3) is 11.0 Å². The lowest BCUT2D eigenvalue weighted by atomic mass is 9.91. The first-order valence-corrected chi connectivity index (χ1v) is 7.09. The second-order valence-electron chi connectivity index (χ2n) is 5.32. The molecule has 2 heterocycles. The number of aliphatic hydroxyl groups is 1. The Balaban J connectivity index is 2.48. The number of benzene rings is 1. The largest absolute Gasteiger partial charge is 0.507 e.